The average Bonchev–Trinajstić information content (AvgIpc) is 2.88. The van der Waals surface area contributed by atoms with Gasteiger partial charge in [-0.05, 0) is 17.5 Å². The van der Waals surface area contributed by atoms with E-state index in [1.807, 2.05) is 12.3 Å². The average molecular weight is 262 g/mol. The van der Waals surface area contributed by atoms with Gasteiger partial charge in [0.2, 0.25) is 0 Å². The van der Waals surface area contributed by atoms with Crippen molar-refractivity contribution in [1.29, 1.82) is 0 Å². The second-order valence-corrected chi connectivity index (χ2v) is 4.87. The molecule has 2 aromatic rings. The predicted octanol–water partition coefficient (Wildman–Crippen LogP) is 3.60. The van der Waals surface area contributed by atoms with Gasteiger partial charge in [-0.3, -0.25) is 0 Å². The van der Waals surface area contributed by atoms with E-state index in [2.05, 4.69) is 71.4 Å². The lowest BCUT2D eigenvalue weighted by Gasteiger charge is -2.22. The zero-order valence-corrected chi connectivity index (χ0v) is 11.4. The highest BCUT2D eigenvalue weighted by molar-refractivity contribution is 5.67. The molecule has 2 heteroatoms. The molecule has 1 heterocycles. The molecule has 0 atom stereocenters. The molecule has 0 spiro atoms. The molecule has 0 aliphatic carbocycles. The molecule has 20 heavy (non-hydrogen) atoms. The van der Waals surface area contributed by atoms with E-state index < -0.39 is 0 Å². The van der Waals surface area contributed by atoms with Crippen molar-refractivity contribution < 1.29 is 0 Å². The first-order valence-corrected chi connectivity index (χ1v) is 6.87. The largest absolute Gasteiger partial charge is 0.346 e. The van der Waals surface area contributed by atoms with Gasteiger partial charge in [0.25, 0.3) is 0 Å². The van der Waals surface area contributed by atoms with Crippen molar-refractivity contribution in [3.8, 4) is 0 Å². The van der Waals surface area contributed by atoms with Gasteiger partial charge in [0, 0.05) is 12.7 Å². The van der Waals surface area contributed by atoms with Crippen molar-refractivity contribution in [2.24, 2.45) is 0 Å². The van der Waals surface area contributed by atoms with E-state index in [1.165, 1.54) is 16.8 Å². The van der Waals surface area contributed by atoms with E-state index in [0.29, 0.717) is 0 Å². The fraction of sp³-hybridized carbons (Fsp3) is 0.111. The molecule has 1 N–H and O–H groups in total. The minimum Gasteiger partial charge on any atom is -0.346 e. The maximum Gasteiger partial charge on any atom is 0.102 e. The molecule has 0 amide bonds. The van der Waals surface area contributed by atoms with Crippen molar-refractivity contribution in [1.82, 2.24) is 10.2 Å². The van der Waals surface area contributed by atoms with E-state index in [0.717, 1.165) is 18.8 Å². The van der Waals surface area contributed by atoms with Gasteiger partial charge in [-0.1, -0.05) is 67.2 Å². The fourth-order valence-electron chi connectivity index (χ4n) is 2.44. The van der Waals surface area contributed by atoms with Crippen LogP contribution in [0.5, 0.6) is 0 Å². The van der Waals surface area contributed by atoms with Crippen molar-refractivity contribution >= 4 is 5.70 Å². The summed E-state index contributed by atoms with van der Waals surface area (Å²) < 4.78 is 0. The van der Waals surface area contributed by atoms with Crippen molar-refractivity contribution in [2.75, 3.05) is 6.54 Å². The lowest BCUT2D eigenvalue weighted by Crippen LogP contribution is -2.23. The van der Waals surface area contributed by atoms with Gasteiger partial charge in [-0.25, -0.2) is 0 Å². The number of benzene rings is 2. The Balaban J connectivity index is 1.74. The van der Waals surface area contributed by atoms with Crippen LogP contribution in [0.2, 0.25) is 0 Å². The summed E-state index contributed by atoms with van der Waals surface area (Å²) >= 11 is 0. The van der Waals surface area contributed by atoms with Crippen molar-refractivity contribution in [3.05, 3.63) is 90.4 Å². The molecule has 1 aliphatic rings. The zero-order valence-electron chi connectivity index (χ0n) is 11.4. The van der Waals surface area contributed by atoms with Gasteiger partial charge < -0.3 is 10.2 Å². The highest BCUT2D eigenvalue weighted by Crippen LogP contribution is 2.26. The van der Waals surface area contributed by atoms with E-state index in [1.54, 1.807) is 0 Å². The Morgan fingerprint density at radius 3 is 2.25 bits per heavy atom. The molecule has 3 rings (SSSR count). The normalized spacial score (nSPS) is 14.1. The van der Waals surface area contributed by atoms with Gasteiger partial charge >= 0.3 is 0 Å². The molecule has 0 radical (unpaired) electrons. The third kappa shape index (κ3) is 2.59. The minimum atomic E-state index is 0.927. The van der Waals surface area contributed by atoms with E-state index in [9.17, 15) is 0 Å². The summed E-state index contributed by atoms with van der Waals surface area (Å²) in [4.78, 5) is 2.24. The van der Waals surface area contributed by atoms with Crippen LogP contribution in [0.25, 0.3) is 5.70 Å². The third-order valence-electron chi connectivity index (χ3n) is 3.53. The Labute approximate surface area is 120 Å². The number of rotatable bonds is 4. The molecular formula is C18H18N2. The molecule has 0 saturated carbocycles. The molecular weight excluding hydrogens is 244 g/mol. The van der Waals surface area contributed by atoms with Gasteiger partial charge in [-0.2, -0.15) is 0 Å². The number of nitrogens with one attached hydrogen (secondary N) is 1. The third-order valence-corrected chi connectivity index (χ3v) is 3.53. The van der Waals surface area contributed by atoms with Crippen LogP contribution in [0.3, 0.4) is 0 Å². The first-order valence-electron chi connectivity index (χ1n) is 6.87. The topological polar surface area (TPSA) is 15.3 Å². The Morgan fingerprint density at radius 2 is 1.55 bits per heavy atom. The number of hydrogen-bond acceptors (Lipinski definition) is 2. The molecule has 0 aromatic heterocycles. The Hall–Kier alpha value is -2.48. The van der Waals surface area contributed by atoms with Crippen LogP contribution in [0.1, 0.15) is 11.1 Å². The Bertz CT molecular complexity index is 614. The zero-order chi connectivity index (χ0) is 13.8. The molecule has 0 fully saturated rings. The van der Waals surface area contributed by atoms with Crippen LogP contribution in [0.4, 0.5) is 0 Å². The molecule has 0 bridgehead atoms. The summed E-state index contributed by atoms with van der Waals surface area (Å²) in [6.45, 7) is 5.01. The summed E-state index contributed by atoms with van der Waals surface area (Å²) in [5.74, 6) is 0.944. The van der Waals surface area contributed by atoms with Crippen LogP contribution in [0.15, 0.2) is 79.3 Å². The van der Waals surface area contributed by atoms with Crippen LogP contribution in [0, 0.1) is 0 Å². The summed E-state index contributed by atoms with van der Waals surface area (Å²) in [5.41, 5.74) is 3.75. The van der Waals surface area contributed by atoms with Crippen molar-refractivity contribution in [2.45, 2.75) is 6.42 Å². The van der Waals surface area contributed by atoms with Crippen LogP contribution in [-0.2, 0) is 6.42 Å². The highest BCUT2D eigenvalue weighted by Gasteiger charge is 2.19. The van der Waals surface area contributed by atoms with E-state index in [4.69, 9.17) is 0 Å². The van der Waals surface area contributed by atoms with E-state index in [-0.39, 0.29) is 0 Å². The molecule has 0 unspecified atom stereocenters. The second-order valence-electron chi connectivity index (χ2n) is 4.87. The maximum atomic E-state index is 4.09. The van der Waals surface area contributed by atoms with Gasteiger partial charge in [0.15, 0.2) is 0 Å². The molecule has 1 aliphatic heterocycles. The van der Waals surface area contributed by atoms with Gasteiger partial charge in [0.1, 0.15) is 5.82 Å². The van der Waals surface area contributed by atoms with E-state index >= 15 is 0 Å². The maximum absolute atomic E-state index is 4.09. The first kappa shape index (κ1) is 12.5. The predicted molar refractivity (Wildman–Crippen MR) is 83.5 cm³/mol. The SMILES string of the molecule is C=C1NC=C(c2ccccc2)N1CCc1ccccc1. The smallest absolute Gasteiger partial charge is 0.102 e. The molecule has 100 valence electrons. The highest BCUT2D eigenvalue weighted by atomic mass is 15.3. The second kappa shape index (κ2) is 5.66. The lowest BCUT2D eigenvalue weighted by molar-refractivity contribution is 0.492. The van der Waals surface area contributed by atoms with Gasteiger partial charge in [0.05, 0.1) is 5.70 Å². The number of nitrogens with zero attached hydrogens (tertiary/aromatic N) is 1. The Morgan fingerprint density at radius 1 is 0.900 bits per heavy atom. The first-order chi connectivity index (χ1) is 9.84. The quantitative estimate of drug-likeness (QED) is 0.905. The van der Waals surface area contributed by atoms with Crippen molar-refractivity contribution in [3.63, 3.8) is 0 Å². The molecule has 2 nitrogen and oxygen atoms in total. The van der Waals surface area contributed by atoms with Crippen LogP contribution >= 0.6 is 0 Å². The molecule has 2 aromatic carbocycles. The summed E-state index contributed by atoms with van der Waals surface area (Å²) in [7, 11) is 0. The van der Waals surface area contributed by atoms with Crippen LogP contribution < -0.4 is 5.32 Å². The number of hydrogen-bond donors (Lipinski definition) is 1. The summed E-state index contributed by atoms with van der Waals surface area (Å²) in [5, 5.41) is 3.22. The van der Waals surface area contributed by atoms with Crippen LogP contribution in [-0.4, -0.2) is 11.4 Å². The van der Waals surface area contributed by atoms with Gasteiger partial charge in [-0.15, -0.1) is 0 Å². The minimum absolute atomic E-state index is 0.927. The standard InChI is InChI=1S/C18H18N2/c1-15-19-14-18(17-10-6-3-7-11-17)20(15)13-12-16-8-4-2-5-9-16/h2-11,14,19H,1,12-13H2. The fourth-order valence-corrected chi connectivity index (χ4v) is 2.44. The summed E-state index contributed by atoms with van der Waals surface area (Å²) in [6, 6.07) is 21.0. The lowest BCUT2D eigenvalue weighted by atomic mass is 10.1. The summed E-state index contributed by atoms with van der Waals surface area (Å²) in [6.07, 6.45) is 3.04. The molecule has 0 saturated heterocycles. The Kier molecular flexibility index (Phi) is 3.55. The monoisotopic (exact) mass is 262 g/mol.